The smallest absolute Gasteiger partial charge is 0.235 e. The molecular formula is C43H29N3S. The molecule has 7 aromatic carbocycles. The van der Waals surface area contributed by atoms with Gasteiger partial charge in [-0.3, -0.25) is 4.57 Å². The number of rotatable bonds is 2. The molecule has 0 saturated carbocycles. The quantitative estimate of drug-likeness (QED) is 0.180. The van der Waals surface area contributed by atoms with Crippen LogP contribution in [0.5, 0.6) is 0 Å². The van der Waals surface area contributed by atoms with Crippen LogP contribution in [-0.4, -0.2) is 14.5 Å². The van der Waals surface area contributed by atoms with Crippen molar-refractivity contribution in [3.63, 3.8) is 0 Å². The SMILES string of the molecule is CC1(C)c2ccccc2Sc2c1c1ccccc1c1c3ccccc3n(-c3nc(-c4ccccc4)c4ccc5ccccc5c4n3)c21. The van der Waals surface area contributed by atoms with Crippen LogP contribution in [0, 0.1) is 0 Å². The van der Waals surface area contributed by atoms with Crippen LogP contribution >= 0.6 is 11.8 Å². The van der Waals surface area contributed by atoms with Gasteiger partial charge in [0.05, 0.1) is 22.2 Å². The van der Waals surface area contributed by atoms with E-state index in [1.54, 1.807) is 0 Å². The second-order valence-corrected chi connectivity index (χ2v) is 14.0. The first-order valence-corrected chi connectivity index (χ1v) is 16.9. The van der Waals surface area contributed by atoms with Crippen molar-refractivity contribution in [1.29, 1.82) is 0 Å². The Hall–Kier alpha value is -5.45. The third-order valence-electron chi connectivity index (χ3n) is 10.0. The summed E-state index contributed by atoms with van der Waals surface area (Å²) in [6.45, 7) is 4.75. The Morgan fingerprint density at radius 2 is 1.26 bits per heavy atom. The highest BCUT2D eigenvalue weighted by Gasteiger charge is 2.37. The molecule has 0 radical (unpaired) electrons. The van der Waals surface area contributed by atoms with Crippen LogP contribution in [0.1, 0.15) is 25.0 Å². The second kappa shape index (κ2) is 9.78. The topological polar surface area (TPSA) is 30.7 Å². The molecule has 3 heterocycles. The molecule has 1 aliphatic rings. The van der Waals surface area contributed by atoms with E-state index in [2.05, 4.69) is 158 Å². The minimum Gasteiger partial charge on any atom is -0.277 e. The molecule has 0 spiro atoms. The molecule has 3 nitrogen and oxygen atoms in total. The van der Waals surface area contributed by atoms with E-state index in [1.807, 2.05) is 11.8 Å². The van der Waals surface area contributed by atoms with Gasteiger partial charge in [0.25, 0.3) is 0 Å². The maximum Gasteiger partial charge on any atom is 0.235 e. The van der Waals surface area contributed by atoms with Gasteiger partial charge in [0, 0.05) is 42.3 Å². The maximum atomic E-state index is 5.48. The number of para-hydroxylation sites is 1. The molecule has 1 aliphatic heterocycles. The number of hydrogen-bond donors (Lipinski definition) is 0. The highest BCUT2D eigenvalue weighted by atomic mass is 32.2. The van der Waals surface area contributed by atoms with Gasteiger partial charge < -0.3 is 0 Å². The van der Waals surface area contributed by atoms with Crippen LogP contribution in [0.4, 0.5) is 0 Å². The van der Waals surface area contributed by atoms with Gasteiger partial charge in [-0.1, -0.05) is 147 Å². The molecule has 9 aromatic rings. The number of aromatic nitrogens is 3. The summed E-state index contributed by atoms with van der Waals surface area (Å²) < 4.78 is 2.35. The van der Waals surface area contributed by atoms with Crippen LogP contribution in [0.15, 0.2) is 149 Å². The third kappa shape index (κ3) is 3.70. The highest BCUT2D eigenvalue weighted by Crippen LogP contribution is 2.55. The van der Waals surface area contributed by atoms with E-state index in [4.69, 9.17) is 9.97 Å². The summed E-state index contributed by atoms with van der Waals surface area (Å²) in [5.41, 5.74) is 7.78. The predicted octanol–water partition coefficient (Wildman–Crippen LogP) is 11.5. The summed E-state index contributed by atoms with van der Waals surface area (Å²) in [6.07, 6.45) is 0. The Balaban J connectivity index is 1.43. The monoisotopic (exact) mass is 619 g/mol. The van der Waals surface area contributed by atoms with Crippen LogP contribution in [-0.2, 0) is 5.41 Å². The maximum absolute atomic E-state index is 5.48. The fourth-order valence-electron chi connectivity index (χ4n) is 7.90. The van der Waals surface area contributed by atoms with E-state index in [0.717, 1.165) is 33.1 Å². The minimum absolute atomic E-state index is 0.206. The normalized spacial score (nSPS) is 13.8. The van der Waals surface area contributed by atoms with Crippen molar-refractivity contribution in [1.82, 2.24) is 14.5 Å². The number of fused-ring (bicyclic) bond motifs is 12. The van der Waals surface area contributed by atoms with E-state index < -0.39 is 0 Å². The molecule has 10 rings (SSSR count). The summed E-state index contributed by atoms with van der Waals surface area (Å²) in [6, 6.07) is 50.0. The van der Waals surface area contributed by atoms with Gasteiger partial charge in [-0.2, -0.15) is 0 Å². The highest BCUT2D eigenvalue weighted by molar-refractivity contribution is 7.99. The van der Waals surface area contributed by atoms with Crippen molar-refractivity contribution < 1.29 is 0 Å². The summed E-state index contributed by atoms with van der Waals surface area (Å²) in [4.78, 5) is 13.5. The Bertz CT molecular complexity index is 2740. The lowest BCUT2D eigenvalue weighted by molar-refractivity contribution is 0.615. The molecule has 47 heavy (non-hydrogen) atoms. The lowest BCUT2D eigenvalue weighted by atomic mass is 9.75. The summed E-state index contributed by atoms with van der Waals surface area (Å²) in [7, 11) is 0. The average Bonchev–Trinajstić information content (AvgIpc) is 3.47. The molecule has 0 unspecified atom stereocenters. The first kappa shape index (κ1) is 26.7. The number of nitrogens with zero attached hydrogens (tertiary/aromatic N) is 3. The van der Waals surface area contributed by atoms with Gasteiger partial charge in [0.1, 0.15) is 0 Å². The third-order valence-corrected chi connectivity index (χ3v) is 11.2. The molecule has 0 bridgehead atoms. The van der Waals surface area contributed by atoms with E-state index in [1.165, 1.54) is 53.4 Å². The molecule has 0 amide bonds. The number of hydrogen-bond acceptors (Lipinski definition) is 3. The largest absolute Gasteiger partial charge is 0.277 e. The molecule has 4 heteroatoms. The van der Waals surface area contributed by atoms with Gasteiger partial charge in [-0.05, 0) is 45.5 Å². The molecular weight excluding hydrogens is 591 g/mol. The van der Waals surface area contributed by atoms with Gasteiger partial charge in [0.15, 0.2) is 0 Å². The van der Waals surface area contributed by atoms with Crippen molar-refractivity contribution in [2.75, 3.05) is 0 Å². The first-order valence-electron chi connectivity index (χ1n) is 16.1. The fourth-order valence-corrected chi connectivity index (χ4v) is 9.46. The predicted molar refractivity (Wildman–Crippen MR) is 197 cm³/mol. The van der Waals surface area contributed by atoms with Gasteiger partial charge in [0.2, 0.25) is 5.95 Å². The standard InChI is InChI=1S/C43H29N3S/c1-43(2)33-21-11-13-23-35(33)47-41-37(43)30-19-9-8-18-29(30)36-31-20-10-12-22-34(31)46(40(36)41)42-44-38(27-15-4-3-5-16-27)32-25-24-26-14-6-7-17-28(26)39(32)45-42/h3-25H,1-2H3. The van der Waals surface area contributed by atoms with Crippen LogP contribution < -0.4 is 0 Å². The van der Waals surface area contributed by atoms with E-state index >= 15 is 0 Å². The summed E-state index contributed by atoms with van der Waals surface area (Å²) in [5.74, 6) is 0.689. The fraction of sp³-hybridized carbons (Fsp3) is 0.0698. The Kier molecular flexibility index (Phi) is 5.56. The van der Waals surface area contributed by atoms with Crippen LogP contribution in [0.25, 0.3) is 71.5 Å². The summed E-state index contributed by atoms with van der Waals surface area (Å²) >= 11 is 1.88. The average molecular weight is 620 g/mol. The molecule has 0 fully saturated rings. The molecule has 0 N–H and O–H groups in total. The second-order valence-electron chi connectivity index (χ2n) is 13.0. The lowest BCUT2D eigenvalue weighted by Crippen LogP contribution is -2.24. The van der Waals surface area contributed by atoms with Gasteiger partial charge in [-0.15, -0.1) is 0 Å². The minimum atomic E-state index is -0.206. The van der Waals surface area contributed by atoms with Crippen molar-refractivity contribution in [3.8, 4) is 17.2 Å². The van der Waals surface area contributed by atoms with E-state index in [0.29, 0.717) is 5.95 Å². The van der Waals surface area contributed by atoms with E-state index in [-0.39, 0.29) is 5.41 Å². The zero-order chi connectivity index (χ0) is 31.3. The molecule has 222 valence electrons. The van der Waals surface area contributed by atoms with Crippen molar-refractivity contribution in [2.24, 2.45) is 0 Å². The Morgan fingerprint density at radius 1 is 0.574 bits per heavy atom. The zero-order valence-corrected chi connectivity index (χ0v) is 26.8. The van der Waals surface area contributed by atoms with E-state index in [9.17, 15) is 0 Å². The van der Waals surface area contributed by atoms with Gasteiger partial charge >= 0.3 is 0 Å². The van der Waals surface area contributed by atoms with Crippen molar-refractivity contribution >= 4 is 66.0 Å². The van der Waals surface area contributed by atoms with Gasteiger partial charge in [-0.25, -0.2) is 9.97 Å². The first-order chi connectivity index (χ1) is 23.1. The molecule has 0 atom stereocenters. The van der Waals surface area contributed by atoms with Crippen molar-refractivity contribution in [3.05, 3.63) is 151 Å². The number of benzene rings is 7. The summed E-state index contributed by atoms with van der Waals surface area (Å²) in [5, 5.41) is 8.38. The van der Waals surface area contributed by atoms with Crippen LogP contribution in [0.3, 0.4) is 0 Å². The molecule has 2 aromatic heterocycles. The van der Waals surface area contributed by atoms with Crippen molar-refractivity contribution in [2.45, 2.75) is 29.1 Å². The lowest BCUT2D eigenvalue weighted by Gasteiger charge is -2.36. The molecule has 0 aliphatic carbocycles. The Morgan fingerprint density at radius 3 is 2.11 bits per heavy atom. The Labute approximate surface area is 276 Å². The van der Waals surface area contributed by atoms with Crippen LogP contribution in [0.2, 0.25) is 0 Å². The molecule has 0 saturated heterocycles. The zero-order valence-electron chi connectivity index (χ0n) is 26.0.